The highest BCUT2D eigenvalue weighted by Crippen LogP contribution is 2.16. The molecule has 20 heavy (non-hydrogen) atoms. The highest BCUT2D eigenvalue weighted by Gasteiger charge is 2.07. The van der Waals surface area contributed by atoms with Crippen molar-refractivity contribution in [2.24, 2.45) is 0 Å². The minimum Gasteiger partial charge on any atom is -0.482 e. The fraction of sp³-hybridized carbons (Fsp3) is 0.214. The molecule has 6 heteroatoms. The molecular formula is C14H13N3O3. The van der Waals surface area contributed by atoms with Crippen LogP contribution < -0.4 is 10.1 Å². The van der Waals surface area contributed by atoms with Gasteiger partial charge in [-0.2, -0.15) is 5.26 Å². The number of nitrogens with one attached hydrogen (secondary N) is 1. The van der Waals surface area contributed by atoms with Crippen LogP contribution in [0.4, 0.5) is 0 Å². The summed E-state index contributed by atoms with van der Waals surface area (Å²) in [6.45, 7) is 1.81. The molecule has 2 rings (SSSR count). The number of oxazole rings is 1. The zero-order valence-corrected chi connectivity index (χ0v) is 10.9. The van der Waals surface area contributed by atoms with Crippen molar-refractivity contribution in [1.82, 2.24) is 10.3 Å². The van der Waals surface area contributed by atoms with E-state index in [0.717, 1.165) is 0 Å². The lowest BCUT2D eigenvalue weighted by atomic mass is 10.2. The molecule has 0 fully saturated rings. The molecule has 0 saturated carbocycles. The molecule has 2 aromatic rings. The SMILES string of the molecule is Cc1cnc(CNC(=O)COc2ccccc2C#N)o1. The topological polar surface area (TPSA) is 88.1 Å². The second-order valence-electron chi connectivity index (χ2n) is 4.04. The van der Waals surface area contributed by atoms with Crippen LogP contribution in [0.1, 0.15) is 17.2 Å². The van der Waals surface area contributed by atoms with Gasteiger partial charge in [-0.05, 0) is 19.1 Å². The highest BCUT2D eigenvalue weighted by molar-refractivity contribution is 5.77. The van der Waals surface area contributed by atoms with Gasteiger partial charge in [0.1, 0.15) is 17.6 Å². The van der Waals surface area contributed by atoms with Crippen LogP contribution in [0.2, 0.25) is 0 Å². The van der Waals surface area contributed by atoms with Crippen LogP contribution >= 0.6 is 0 Å². The summed E-state index contributed by atoms with van der Waals surface area (Å²) in [5.41, 5.74) is 0.392. The third kappa shape index (κ3) is 3.59. The van der Waals surface area contributed by atoms with Gasteiger partial charge in [0.2, 0.25) is 5.89 Å². The van der Waals surface area contributed by atoms with Gasteiger partial charge in [-0.15, -0.1) is 0 Å². The van der Waals surface area contributed by atoms with Crippen LogP contribution in [0.5, 0.6) is 5.75 Å². The van der Waals surface area contributed by atoms with Crippen LogP contribution in [-0.2, 0) is 11.3 Å². The molecule has 0 atom stereocenters. The molecule has 0 aliphatic carbocycles. The molecule has 102 valence electrons. The van der Waals surface area contributed by atoms with Gasteiger partial charge < -0.3 is 14.5 Å². The van der Waals surface area contributed by atoms with Crippen molar-refractivity contribution in [3.63, 3.8) is 0 Å². The Balaban J connectivity index is 1.82. The Morgan fingerprint density at radius 3 is 3.00 bits per heavy atom. The number of rotatable bonds is 5. The number of nitriles is 1. The van der Waals surface area contributed by atoms with E-state index in [9.17, 15) is 4.79 Å². The van der Waals surface area contributed by atoms with Crippen molar-refractivity contribution in [2.45, 2.75) is 13.5 Å². The fourth-order valence-electron chi connectivity index (χ4n) is 1.54. The van der Waals surface area contributed by atoms with E-state index in [0.29, 0.717) is 23.0 Å². The molecule has 1 N–H and O–H groups in total. The first-order valence-corrected chi connectivity index (χ1v) is 5.99. The average molecular weight is 271 g/mol. The van der Waals surface area contributed by atoms with E-state index in [1.165, 1.54) is 0 Å². The predicted octanol–water partition coefficient (Wildman–Crippen LogP) is 1.55. The molecule has 1 aromatic carbocycles. The van der Waals surface area contributed by atoms with Crippen molar-refractivity contribution < 1.29 is 13.9 Å². The van der Waals surface area contributed by atoms with Crippen molar-refractivity contribution in [3.05, 3.63) is 47.7 Å². The van der Waals surface area contributed by atoms with E-state index < -0.39 is 0 Å². The Labute approximate surface area is 116 Å². The van der Waals surface area contributed by atoms with Gasteiger partial charge >= 0.3 is 0 Å². The van der Waals surface area contributed by atoms with Crippen molar-refractivity contribution in [1.29, 1.82) is 5.26 Å². The van der Waals surface area contributed by atoms with Crippen LogP contribution in [0.3, 0.4) is 0 Å². The molecule has 1 aromatic heterocycles. The van der Waals surface area contributed by atoms with E-state index in [4.69, 9.17) is 14.4 Å². The van der Waals surface area contributed by atoms with Crippen molar-refractivity contribution >= 4 is 5.91 Å². The van der Waals surface area contributed by atoms with Gasteiger partial charge in [-0.3, -0.25) is 4.79 Å². The summed E-state index contributed by atoms with van der Waals surface area (Å²) in [6, 6.07) is 8.74. The van der Waals surface area contributed by atoms with E-state index in [1.54, 1.807) is 37.4 Å². The Hall–Kier alpha value is -2.81. The number of benzene rings is 1. The largest absolute Gasteiger partial charge is 0.482 e. The minimum atomic E-state index is -0.311. The first kappa shape index (κ1) is 13.6. The van der Waals surface area contributed by atoms with Gasteiger partial charge in [0.25, 0.3) is 5.91 Å². The standard InChI is InChI=1S/C14H13N3O3/c1-10-7-17-14(20-10)8-16-13(18)9-19-12-5-3-2-4-11(12)6-15/h2-5,7H,8-9H2,1H3,(H,16,18). The number of nitrogens with zero attached hydrogens (tertiary/aromatic N) is 2. The third-order valence-corrected chi connectivity index (χ3v) is 2.47. The monoisotopic (exact) mass is 271 g/mol. The van der Waals surface area contributed by atoms with E-state index in [1.807, 2.05) is 6.07 Å². The highest BCUT2D eigenvalue weighted by atomic mass is 16.5. The lowest BCUT2D eigenvalue weighted by Gasteiger charge is -2.07. The summed E-state index contributed by atoms with van der Waals surface area (Å²) in [5, 5.41) is 11.5. The van der Waals surface area contributed by atoms with Gasteiger partial charge in [0.05, 0.1) is 18.3 Å². The zero-order chi connectivity index (χ0) is 14.4. The Morgan fingerprint density at radius 2 is 2.30 bits per heavy atom. The molecule has 6 nitrogen and oxygen atoms in total. The lowest BCUT2D eigenvalue weighted by molar-refractivity contribution is -0.123. The summed E-state index contributed by atoms with van der Waals surface area (Å²) in [5.74, 6) is 1.20. The maximum atomic E-state index is 11.6. The number of para-hydroxylation sites is 1. The van der Waals surface area contributed by atoms with Crippen LogP contribution in [-0.4, -0.2) is 17.5 Å². The number of hydrogen-bond donors (Lipinski definition) is 1. The number of ether oxygens (including phenoxy) is 1. The number of aryl methyl sites for hydroxylation is 1. The average Bonchev–Trinajstić information content (AvgIpc) is 2.89. The van der Waals surface area contributed by atoms with Gasteiger partial charge in [-0.25, -0.2) is 4.98 Å². The molecular weight excluding hydrogens is 258 g/mol. The van der Waals surface area contributed by atoms with Crippen molar-refractivity contribution in [2.75, 3.05) is 6.61 Å². The lowest BCUT2D eigenvalue weighted by Crippen LogP contribution is -2.28. The second-order valence-corrected chi connectivity index (χ2v) is 4.04. The normalized spacial score (nSPS) is 9.80. The zero-order valence-electron chi connectivity index (χ0n) is 10.9. The molecule has 0 bridgehead atoms. The molecule has 0 aliphatic rings. The molecule has 0 radical (unpaired) electrons. The van der Waals surface area contributed by atoms with Crippen LogP contribution in [0.25, 0.3) is 0 Å². The summed E-state index contributed by atoms with van der Waals surface area (Å²) in [4.78, 5) is 15.6. The molecule has 1 amide bonds. The summed E-state index contributed by atoms with van der Waals surface area (Å²) < 4.78 is 10.5. The Bertz CT molecular complexity index is 643. The van der Waals surface area contributed by atoms with Gasteiger partial charge in [-0.1, -0.05) is 12.1 Å². The Kier molecular flexibility index (Phi) is 4.35. The second kappa shape index (κ2) is 6.38. The maximum Gasteiger partial charge on any atom is 0.258 e. The molecule has 0 spiro atoms. The first-order chi connectivity index (χ1) is 9.69. The maximum absolute atomic E-state index is 11.6. The van der Waals surface area contributed by atoms with Crippen molar-refractivity contribution in [3.8, 4) is 11.8 Å². The smallest absolute Gasteiger partial charge is 0.258 e. The van der Waals surface area contributed by atoms with E-state index in [-0.39, 0.29) is 19.1 Å². The predicted molar refractivity (Wildman–Crippen MR) is 69.7 cm³/mol. The molecule has 0 unspecified atom stereocenters. The molecule has 0 aliphatic heterocycles. The number of amides is 1. The molecule has 1 heterocycles. The number of hydrogen-bond acceptors (Lipinski definition) is 5. The summed E-state index contributed by atoms with van der Waals surface area (Å²) >= 11 is 0. The fourth-order valence-corrected chi connectivity index (χ4v) is 1.54. The molecule has 0 saturated heterocycles. The van der Waals surface area contributed by atoms with Crippen LogP contribution in [0.15, 0.2) is 34.9 Å². The Morgan fingerprint density at radius 1 is 1.50 bits per heavy atom. The number of carbonyl (C=O) groups excluding carboxylic acids is 1. The quantitative estimate of drug-likeness (QED) is 0.891. The summed E-state index contributed by atoms with van der Waals surface area (Å²) in [6.07, 6.45) is 1.58. The summed E-state index contributed by atoms with van der Waals surface area (Å²) in [7, 11) is 0. The minimum absolute atomic E-state index is 0.168. The third-order valence-electron chi connectivity index (χ3n) is 2.47. The van der Waals surface area contributed by atoms with E-state index >= 15 is 0 Å². The number of aromatic nitrogens is 1. The van der Waals surface area contributed by atoms with Gasteiger partial charge in [0, 0.05) is 0 Å². The van der Waals surface area contributed by atoms with Crippen LogP contribution in [0, 0.1) is 18.3 Å². The first-order valence-electron chi connectivity index (χ1n) is 5.99. The van der Waals surface area contributed by atoms with Gasteiger partial charge in [0.15, 0.2) is 6.61 Å². The van der Waals surface area contributed by atoms with E-state index in [2.05, 4.69) is 10.3 Å². The number of carbonyl (C=O) groups is 1.